The van der Waals surface area contributed by atoms with Gasteiger partial charge in [0.1, 0.15) is 5.52 Å². The summed E-state index contributed by atoms with van der Waals surface area (Å²) in [4.78, 5) is 27.1. The Labute approximate surface area is 157 Å². The Bertz CT molecular complexity index is 980. The summed E-state index contributed by atoms with van der Waals surface area (Å²) in [5.41, 5.74) is 10.0. The number of fused-ring (bicyclic) bond motifs is 1. The molecule has 7 nitrogen and oxygen atoms in total. The standard InChI is InChI=1S/C20H22N6O/c1-13(27)22-15-7-5-14(6-8-15)16-9-10-17-18(23-16)19(25-20(21)24-17)26-11-3-2-4-12-26/h5-10H,2-4,11-12H2,1H3,(H,22,27)(H2,21,24,25). The van der Waals surface area contributed by atoms with Crippen molar-refractivity contribution in [2.24, 2.45) is 0 Å². The number of amides is 1. The van der Waals surface area contributed by atoms with E-state index in [1.54, 1.807) is 0 Å². The van der Waals surface area contributed by atoms with Crippen molar-refractivity contribution in [2.75, 3.05) is 29.0 Å². The number of carbonyl (C=O) groups excluding carboxylic acids is 1. The van der Waals surface area contributed by atoms with Crippen molar-refractivity contribution in [1.29, 1.82) is 0 Å². The fourth-order valence-electron chi connectivity index (χ4n) is 3.43. The predicted molar refractivity (Wildman–Crippen MR) is 108 cm³/mol. The van der Waals surface area contributed by atoms with E-state index in [9.17, 15) is 4.79 Å². The molecule has 1 aromatic carbocycles. The molecule has 2 aromatic heterocycles. The third kappa shape index (κ3) is 3.67. The van der Waals surface area contributed by atoms with Gasteiger partial charge in [-0.3, -0.25) is 4.79 Å². The van der Waals surface area contributed by atoms with E-state index in [0.29, 0.717) is 0 Å². The number of nitrogens with two attached hydrogens (primary N) is 1. The van der Waals surface area contributed by atoms with Crippen molar-refractivity contribution in [3.8, 4) is 11.3 Å². The topological polar surface area (TPSA) is 97.0 Å². The van der Waals surface area contributed by atoms with Gasteiger partial charge >= 0.3 is 0 Å². The summed E-state index contributed by atoms with van der Waals surface area (Å²) in [6.07, 6.45) is 3.54. The summed E-state index contributed by atoms with van der Waals surface area (Å²) in [7, 11) is 0. The van der Waals surface area contributed by atoms with Crippen LogP contribution in [0, 0.1) is 0 Å². The van der Waals surface area contributed by atoms with Gasteiger partial charge in [0.25, 0.3) is 0 Å². The Morgan fingerprint density at radius 2 is 1.74 bits per heavy atom. The highest BCUT2D eigenvalue weighted by Gasteiger charge is 2.18. The number of nitrogen functional groups attached to an aromatic ring is 1. The Kier molecular flexibility index (Phi) is 4.58. The van der Waals surface area contributed by atoms with Crippen molar-refractivity contribution in [3.05, 3.63) is 36.4 Å². The molecular weight excluding hydrogens is 340 g/mol. The maximum absolute atomic E-state index is 11.2. The number of benzene rings is 1. The third-order valence-corrected chi connectivity index (χ3v) is 4.70. The second-order valence-corrected chi connectivity index (χ2v) is 6.78. The number of nitrogens with zero attached hydrogens (tertiary/aromatic N) is 4. The van der Waals surface area contributed by atoms with Crippen LogP contribution in [0.5, 0.6) is 0 Å². The van der Waals surface area contributed by atoms with Gasteiger partial charge in [0, 0.05) is 31.3 Å². The lowest BCUT2D eigenvalue weighted by Crippen LogP contribution is -2.30. The van der Waals surface area contributed by atoms with E-state index >= 15 is 0 Å². The van der Waals surface area contributed by atoms with Crippen molar-refractivity contribution >= 4 is 34.4 Å². The van der Waals surface area contributed by atoms with Crippen LogP contribution in [0.1, 0.15) is 26.2 Å². The van der Waals surface area contributed by atoms with E-state index in [4.69, 9.17) is 10.7 Å². The van der Waals surface area contributed by atoms with E-state index in [1.165, 1.54) is 13.3 Å². The van der Waals surface area contributed by atoms with Crippen LogP contribution >= 0.6 is 0 Å². The van der Waals surface area contributed by atoms with Crippen LogP contribution in [0.4, 0.5) is 17.5 Å². The number of hydrogen-bond donors (Lipinski definition) is 2. The van der Waals surface area contributed by atoms with Crippen molar-refractivity contribution in [1.82, 2.24) is 15.0 Å². The number of anilines is 3. The molecule has 138 valence electrons. The zero-order valence-corrected chi connectivity index (χ0v) is 15.3. The minimum absolute atomic E-state index is 0.0903. The summed E-state index contributed by atoms with van der Waals surface area (Å²) in [5, 5.41) is 2.77. The fourth-order valence-corrected chi connectivity index (χ4v) is 3.43. The molecule has 1 saturated heterocycles. The highest BCUT2D eigenvalue weighted by molar-refractivity contribution is 5.90. The summed E-state index contributed by atoms with van der Waals surface area (Å²) in [6, 6.07) is 11.5. The van der Waals surface area contributed by atoms with Gasteiger partial charge in [-0.05, 0) is 43.5 Å². The number of nitrogens with one attached hydrogen (secondary N) is 1. The fraction of sp³-hybridized carbons (Fsp3) is 0.300. The van der Waals surface area contributed by atoms with E-state index in [-0.39, 0.29) is 11.9 Å². The van der Waals surface area contributed by atoms with Crippen LogP contribution in [0.25, 0.3) is 22.3 Å². The van der Waals surface area contributed by atoms with Crippen LogP contribution in [0.2, 0.25) is 0 Å². The normalized spacial score (nSPS) is 14.3. The molecule has 0 bridgehead atoms. The highest BCUT2D eigenvalue weighted by Crippen LogP contribution is 2.29. The Hall–Kier alpha value is -3.22. The number of hydrogen-bond acceptors (Lipinski definition) is 6. The zero-order chi connectivity index (χ0) is 18.8. The van der Waals surface area contributed by atoms with E-state index in [2.05, 4.69) is 20.2 Å². The molecule has 1 amide bonds. The summed E-state index contributed by atoms with van der Waals surface area (Å²) < 4.78 is 0. The van der Waals surface area contributed by atoms with Crippen molar-refractivity contribution in [2.45, 2.75) is 26.2 Å². The summed E-state index contributed by atoms with van der Waals surface area (Å²) >= 11 is 0. The van der Waals surface area contributed by atoms with Crippen molar-refractivity contribution < 1.29 is 4.79 Å². The van der Waals surface area contributed by atoms with Gasteiger partial charge in [0.05, 0.1) is 11.2 Å². The smallest absolute Gasteiger partial charge is 0.222 e. The van der Waals surface area contributed by atoms with Crippen LogP contribution < -0.4 is 16.0 Å². The number of pyridine rings is 1. The summed E-state index contributed by atoms with van der Waals surface area (Å²) in [6.45, 7) is 3.42. The Morgan fingerprint density at radius 1 is 1.00 bits per heavy atom. The minimum atomic E-state index is -0.0903. The average Bonchev–Trinajstić information content (AvgIpc) is 2.68. The van der Waals surface area contributed by atoms with Crippen molar-refractivity contribution in [3.63, 3.8) is 0 Å². The maximum Gasteiger partial charge on any atom is 0.222 e. The molecular formula is C20H22N6O. The molecule has 1 aliphatic heterocycles. The van der Waals surface area contributed by atoms with Gasteiger partial charge < -0.3 is 16.0 Å². The SMILES string of the molecule is CC(=O)Nc1ccc(-c2ccc3nc(N)nc(N4CCCCC4)c3n2)cc1. The van der Waals surface area contributed by atoms with E-state index in [0.717, 1.165) is 59.7 Å². The molecule has 0 spiro atoms. The Morgan fingerprint density at radius 3 is 2.44 bits per heavy atom. The lowest BCUT2D eigenvalue weighted by Gasteiger charge is -2.28. The highest BCUT2D eigenvalue weighted by atomic mass is 16.1. The number of piperidine rings is 1. The quantitative estimate of drug-likeness (QED) is 0.742. The molecule has 0 saturated carbocycles. The summed E-state index contributed by atoms with van der Waals surface area (Å²) in [5.74, 6) is 0.999. The van der Waals surface area contributed by atoms with E-state index in [1.807, 2.05) is 36.4 Å². The number of rotatable bonds is 3. The number of carbonyl (C=O) groups is 1. The molecule has 0 unspecified atom stereocenters. The first kappa shape index (κ1) is 17.2. The van der Waals surface area contributed by atoms with Gasteiger partial charge in [-0.2, -0.15) is 4.98 Å². The van der Waals surface area contributed by atoms with Crippen LogP contribution in [-0.2, 0) is 4.79 Å². The molecule has 4 rings (SSSR count). The predicted octanol–water partition coefficient (Wildman–Crippen LogP) is 3.22. The lowest BCUT2D eigenvalue weighted by atomic mass is 10.1. The molecule has 0 radical (unpaired) electrons. The largest absolute Gasteiger partial charge is 0.368 e. The van der Waals surface area contributed by atoms with Gasteiger partial charge in [0.15, 0.2) is 5.82 Å². The second kappa shape index (κ2) is 7.19. The molecule has 3 heterocycles. The van der Waals surface area contributed by atoms with Gasteiger partial charge in [0.2, 0.25) is 11.9 Å². The molecule has 3 aromatic rings. The van der Waals surface area contributed by atoms with Gasteiger partial charge in [-0.1, -0.05) is 12.1 Å². The van der Waals surface area contributed by atoms with Gasteiger partial charge in [-0.25, -0.2) is 9.97 Å². The minimum Gasteiger partial charge on any atom is -0.368 e. The van der Waals surface area contributed by atoms with Crippen LogP contribution in [0.15, 0.2) is 36.4 Å². The average molecular weight is 362 g/mol. The molecule has 1 aliphatic rings. The molecule has 0 aliphatic carbocycles. The Balaban J connectivity index is 1.74. The molecule has 27 heavy (non-hydrogen) atoms. The maximum atomic E-state index is 11.2. The lowest BCUT2D eigenvalue weighted by molar-refractivity contribution is -0.114. The molecule has 0 atom stereocenters. The molecule has 1 fully saturated rings. The monoisotopic (exact) mass is 362 g/mol. The van der Waals surface area contributed by atoms with Crippen LogP contribution in [0.3, 0.4) is 0 Å². The van der Waals surface area contributed by atoms with E-state index < -0.39 is 0 Å². The second-order valence-electron chi connectivity index (χ2n) is 6.78. The van der Waals surface area contributed by atoms with Gasteiger partial charge in [-0.15, -0.1) is 0 Å². The number of aromatic nitrogens is 3. The third-order valence-electron chi connectivity index (χ3n) is 4.70. The first-order chi connectivity index (χ1) is 13.1. The molecule has 3 N–H and O–H groups in total. The molecule has 7 heteroatoms. The first-order valence-electron chi connectivity index (χ1n) is 9.17. The first-order valence-corrected chi connectivity index (χ1v) is 9.17. The zero-order valence-electron chi connectivity index (χ0n) is 15.3. The van der Waals surface area contributed by atoms with Crippen LogP contribution in [-0.4, -0.2) is 33.9 Å².